The molecule has 1 aliphatic rings. The van der Waals surface area contributed by atoms with Gasteiger partial charge in [0.15, 0.2) is 6.61 Å². The highest BCUT2D eigenvalue weighted by atomic mass is 32.2. The Morgan fingerprint density at radius 3 is 2.70 bits per heavy atom. The number of nitrogens with one attached hydrogen (secondary N) is 2. The highest BCUT2D eigenvalue weighted by Gasteiger charge is 2.22. The maximum Gasteiger partial charge on any atom is 0.263 e. The van der Waals surface area contributed by atoms with Crippen molar-refractivity contribution in [1.82, 2.24) is 5.32 Å². The van der Waals surface area contributed by atoms with Crippen molar-refractivity contribution in [3.8, 4) is 5.75 Å². The first kappa shape index (κ1) is 19.1. The van der Waals surface area contributed by atoms with Crippen LogP contribution in [0.25, 0.3) is 6.08 Å². The minimum Gasteiger partial charge on any atom is -0.483 e. The van der Waals surface area contributed by atoms with Crippen LogP contribution in [0, 0.1) is 13.8 Å². The third-order valence-electron chi connectivity index (χ3n) is 4.00. The molecule has 27 heavy (non-hydrogen) atoms. The predicted octanol–water partition coefficient (Wildman–Crippen LogP) is 3.81. The van der Waals surface area contributed by atoms with E-state index in [4.69, 9.17) is 17.0 Å². The van der Waals surface area contributed by atoms with Gasteiger partial charge in [-0.3, -0.25) is 9.59 Å². The molecule has 2 aromatic rings. The fourth-order valence-corrected chi connectivity index (χ4v) is 3.49. The summed E-state index contributed by atoms with van der Waals surface area (Å²) in [5.41, 5.74) is 3.71. The topological polar surface area (TPSA) is 67.4 Å². The first-order valence-corrected chi connectivity index (χ1v) is 9.48. The van der Waals surface area contributed by atoms with E-state index in [0.717, 1.165) is 11.3 Å². The second-order valence-electron chi connectivity index (χ2n) is 6.03. The van der Waals surface area contributed by atoms with Crippen LogP contribution in [-0.2, 0) is 9.59 Å². The Bertz CT molecular complexity index is 954. The van der Waals surface area contributed by atoms with Gasteiger partial charge in [0.2, 0.25) is 0 Å². The van der Waals surface area contributed by atoms with Crippen LogP contribution in [0.5, 0.6) is 5.75 Å². The summed E-state index contributed by atoms with van der Waals surface area (Å²) < 4.78 is 6.10. The average molecular weight is 399 g/mol. The molecule has 0 aromatic heterocycles. The molecule has 0 bridgehead atoms. The van der Waals surface area contributed by atoms with Crippen molar-refractivity contribution in [3.05, 3.63) is 64.1 Å². The Hall–Kier alpha value is -2.64. The highest BCUT2D eigenvalue weighted by Crippen LogP contribution is 2.29. The molecule has 7 heteroatoms. The third kappa shape index (κ3) is 4.96. The number of para-hydroxylation sites is 1. The van der Waals surface area contributed by atoms with E-state index in [1.807, 2.05) is 50.2 Å². The summed E-state index contributed by atoms with van der Waals surface area (Å²) >= 11 is 6.20. The van der Waals surface area contributed by atoms with Crippen LogP contribution < -0.4 is 15.4 Å². The van der Waals surface area contributed by atoms with Crippen molar-refractivity contribution in [2.75, 3.05) is 11.9 Å². The number of thiocarbonyl (C=S) groups is 1. The zero-order valence-corrected chi connectivity index (χ0v) is 16.5. The number of amides is 2. The lowest BCUT2D eigenvalue weighted by Gasteiger charge is -2.11. The maximum atomic E-state index is 12.2. The van der Waals surface area contributed by atoms with Crippen LogP contribution >= 0.6 is 24.0 Å². The second-order valence-corrected chi connectivity index (χ2v) is 7.74. The molecule has 0 radical (unpaired) electrons. The highest BCUT2D eigenvalue weighted by molar-refractivity contribution is 8.26. The molecule has 1 aliphatic heterocycles. The quantitative estimate of drug-likeness (QED) is 0.592. The first-order valence-electron chi connectivity index (χ1n) is 8.26. The van der Waals surface area contributed by atoms with Crippen molar-refractivity contribution in [2.45, 2.75) is 13.8 Å². The molecule has 0 atom stereocenters. The maximum absolute atomic E-state index is 12.2. The van der Waals surface area contributed by atoms with Gasteiger partial charge in [-0.1, -0.05) is 48.2 Å². The number of carbonyl (C=O) groups excluding carboxylic acids is 2. The second kappa shape index (κ2) is 8.37. The number of carbonyl (C=O) groups is 2. The summed E-state index contributed by atoms with van der Waals surface area (Å²) in [7, 11) is 0. The van der Waals surface area contributed by atoms with Gasteiger partial charge in [-0.15, -0.1) is 0 Å². The van der Waals surface area contributed by atoms with E-state index < -0.39 is 0 Å². The first-order chi connectivity index (χ1) is 12.9. The Balaban J connectivity index is 1.67. The summed E-state index contributed by atoms with van der Waals surface area (Å²) in [6, 6.07) is 13.0. The number of thioether (sulfide) groups is 1. The normalized spacial score (nSPS) is 15.0. The monoisotopic (exact) mass is 398 g/mol. The molecule has 1 saturated heterocycles. The smallest absolute Gasteiger partial charge is 0.263 e. The fraction of sp³-hybridized carbons (Fsp3) is 0.150. The van der Waals surface area contributed by atoms with Crippen molar-refractivity contribution < 1.29 is 14.3 Å². The Labute approximate surface area is 167 Å². The van der Waals surface area contributed by atoms with Gasteiger partial charge in [0.1, 0.15) is 10.1 Å². The number of hydrogen-bond acceptors (Lipinski definition) is 5. The molecule has 5 nitrogen and oxygen atoms in total. The summed E-state index contributed by atoms with van der Waals surface area (Å²) in [6.07, 6.45) is 1.70. The number of aryl methyl sites for hydroxylation is 2. The van der Waals surface area contributed by atoms with Gasteiger partial charge in [0.25, 0.3) is 11.8 Å². The molecule has 2 amide bonds. The summed E-state index contributed by atoms with van der Waals surface area (Å²) in [6.45, 7) is 3.88. The van der Waals surface area contributed by atoms with Gasteiger partial charge in [-0.05, 0) is 49.2 Å². The van der Waals surface area contributed by atoms with Gasteiger partial charge in [0.05, 0.1) is 4.91 Å². The predicted molar refractivity (Wildman–Crippen MR) is 113 cm³/mol. The van der Waals surface area contributed by atoms with Crippen LogP contribution in [-0.4, -0.2) is 22.7 Å². The molecule has 0 saturated carbocycles. The minimum absolute atomic E-state index is 0.134. The fourth-order valence-electron chi connectivity index (χ4n) is 2.45. The number of rotatable bonds is 5. The van der Waals surface area contributed by atoms with Crippen molar-refractivity contribution >= 4 is 51.9 Å². The number of anilines is 1. The van der Waals surface area contributed by atoms with Crippen LogP contribution in [0.4, 0.5) is 5.69 Å². The van der Waals surface area contributed by atoms with Crippen LogP contribution in [0.3, 0.4) is 0 Å². The molecule has 1 heterocycles. The van der Waals surface area contributed by atoms with E-state index in [9.17, 15) is 9.59 Å². The van der Waals surface area contributed by atoms with Crippen molar-refractivity contribution in [3.63, 3.8) is 0 Å². The average Bonchev–Trinajstić information content (AvgIpc) is 2.94. The summed E-state index contributed by atoms with van der Waals surface area (Å²) in [5, 5.41) is 5.40. The van der Waals surface area contributed by atoms with Gasteiger partial charge in [0, 0.05) is 11.3 Å². The van der Waals surface area contributed by atoms with Gasteiger partial charge < -0.3 is 15.4 Å². The summed E-state index contributed by atoms with van der Waals surface area (Å²) in [5.74, 6) is 0.0358. The van der Waals surface area contributed by atoms with Crippen LogP contribution in [0.15, 0.2) is 47.4 Å². The lowest BCUT2D eigenvalue weighted by Crippen LogP contribution is -2.20. The van der Waals surface area contributed by atoms with E-state index in [1.165, 1.54) is 17.3 Å². The van der Waals surface area contributed by atoms with E-state index >= 15 is 0 Å². The molecule has 2 N–H and O–H groups in total. The standard InChI is InChI=1S/C20H18N2O3S2/c1-12-7-8-15(9-13(12)2)21-18(23)11-25-16-6-4-3-5-14(16)10-17-19(24)22-20(26)27-17/h3-10H,11H2,1-2H3,(H,21,23)(H,22,24,26)/b17-10-. The van der Waals surface area contributed by atoms with E-state index in [-0.39, 0.29) is 18.4 Å². The summed E-state index contributed by atoms with van der Waals surface area (Å²) in [4.78, 5) is 24.5. The molecule has 138 valence electrons. The van der Waals surface area contributed by atoms with E-state index in [2.05, 4.69) is 10.6 Å². The SMILES string of the molecule is Cc1ccc(NC(=O)COc2ccccc2/C=C2\SC(=S)NC2=O)cc1C. The molecule has 0 unspecified atom stereocenters. The molecule has 3 rings (SSSR count). The zero-order valence-electron chi connectivity index (χ0n) is 14.9. The third-order valence-corrected chi connectivity index (χ3v) is 5.16. The Morgan fingerprint density at radius 2 is 2.00 bits per heavy atom. The Kier molecular flexibility index (Phi) is 5.93. The molecule has 0 spiro atoms. The number of benzene rings is 2. The largest absolute Gasteiger partial charge is 0.483 e. The zero-order chi connectivity index (χ0) is 19.4. The Morgan fingerprint density at radius 1 is 1.22 bits per heavy atom. The van der Waals surface area contributed by atoms with E-state index in [0.29, 0.717) is 20.5 Å². The van der Waals surface area contributed by atoms with Gasteiger partial charge in [-0.2, -0.15) is 0 Å². The van der Waals surface area contributed by atoms with Gasteiger partial charge >= 0.3 is 0 Å². The number of ether oxygens (including phenoxy) is 1. The molecule has 2 aromatic carbocycles. The number of hydrogen-bond donors (Lipinski definition) is 2. The van der Waals surface area contributed by atoms with E-state index in [1.54, 1.807) is 12.1 Å². The van der Waals surface area contributed by atoms with Gasteiger partial charge in [-0.25, -0.2) is 0 Å². The molecular weight excluding hydrogens is 380 g/mol. The van der Waals surface area contributed by atoms with Crippen molar-refractivity contribution in [1.29, 1.82) is 0 Å². The lowest BCUT2D eigenvalue weighted by atomic mass is 10.1. The lowest BCUT2D eigenvalue weighted by molar-refractivity contribution is -0.118. The van der Waals surface area contributed by atoms with Crippen LogP contribution in [0.2, 0.25) is 0 Å². The minimum atomic E-state index is -0.255. The van der Waals surface area contributed by atoms with Crippen LogP contribution in [0.1, 0.15) is 16.7 Å². The molecule has 0 aliphatic carbocycles. The van der Waals surface area contributed by atoms with Crippen molar-refractivity contribution in [2.24, 2.45) is 0 Å². The molecular formula is C20H18N2O3S2. The molecule has 1 fully saturated rings.